The lowest BCUT2D eigenvalue weighted by Gasteiger charge is -2.31. The van der Waals surface area contributed by atoms with Crippen molar-refractivity contribution in [2.75, 3.05) is 46.0 Å². The predicted molar refractivity (Wildman–Crippen MR) is 139 cm³/mol. The molecule has 0 aromatic heterocycles. The highest BCUT2D eigenvalue weighted by Gasteiger charge is 2.46. The fourth-order valence-corrected chi connectivity index (χ4v) is 4.90. The zero-order valence-corrected chi connectivity index (χ0v) is 21.6. The first-order valence-electron chi connectivity index (χ1n) is 12.7. The third kappa shape index (κ3) is 5.32. The highest BCUT2D eigenvalue weighted by molar-refractivity contribution is 6.46. The number of ether oxygens (including phenoxy) is 2. The summed E-state index contributed by atoms with van der Waals surface area (Å²) in [4.78, 5) is 30.5. The molecule has 1 unspecified atom stereocenters. The van der Waals surface area contributed by atoms with E-state index in [1.807, 2.05) is 44.2 Å². The van der Waals surface area contributed by atoms with E-state index in [9.17, 15) is 14.7 Å². The number of amides is 1. The number of aryl methyl sites for hydroxylation is 1. The summed E-state index contributed by atoms with van der Waals surface area (Å²) < 4.78 is 11.0. The molecule has 2 fully saturated rings. The Labute approximate surface area is 213 Å². The molecule has 2 aliphatic heterocycles. The highest BCUT2D eigenvalue weighted by atomic mass is 16.5. The number of benzene rings is 2. The summed E-state index contributed by atoms with van der Waals surface area (Å²) in [6.07, 6.45) is 0. The molecule has 7 nitrogen and oxygen atoms in total. The number of aliphatic hydroxyl groups excluding tert-OH is 1. The summed E-state index contributed by atoms with van der Waals surface area (Å²) >= 11 is 0. The van der Waals surface area contributed by atoms with Gasteiger partial charge >= 0.3 is 0 Å². The summed E-state index contributed by atoms with van der Waals surface area (Å²) in [7, 11) is 0. The van der Waals surface area contributed by atoms with Crippen molar-refractivity contribution in [2.24, 2.45) is 0 Å². The second-order valence-electron chi connectivity index (χ2n) is 9.68. The molecule has 2 aromatic carbocycles. The molecule has 7 heteroatoms. The standard InChI is InChI=1S/C29H36N2O5/c1-5-36-23-10-11-24(20(4)18-23)27(32)25-26(22-8-6-21(7-9-22)19(2)3)31(29(34)28(25)33)13-12-30-14-16-35-17-15-30/h6-11,18-19,26,32H,5,12-17H2,1-4H3/b27-25+. The minimum absolute atomic E-state index is 0.131. The van der Waals surface area contributed by atoms with Crippen molar-refractivity contribution in [1.29, 1.82) is 0 Å². The van der Waals surface area contributed by atoms with Crippen LogP contribution in [0.4, 0.5) is 0 Å². The summed E-state index contributed by atoms with van der Waals surface area (Å²) in [6, 6.07) is 12.7. The van der Waals surface area contributed by atoms with Crippen LogP contribution in [0.2, 0.25) is 0 Å². The van der Waals surface area contributed by atoms with Gasteiger partial charge in [0.15, 0.2) is 0 Å². The van der Waals surface area contributed by atoms with Gasteiger partial charge in [-0.15, -0.1) is 0 Å². The van der Waals surface area contributed by atoms with Crippen LogP contribution in [0.1, 0.15) is 55.0 Å². The molecule has 1 amide bonds. The molecule has 36 heavy (non-hydrogen) atoms. The van der Waals surface area contributed by atoms with Crippen molar-refractivity contribution < 1.29 is 24.2 Å². The lowest BCUT2D eigenvalue weighted by Crippen LogP contribution is -2.42. The molecule has 192 valence electrons. The number of Topliss-reactive ketones (excluding diaryl/α,β-unsaturated/α-hetero) is 1. The average Bonchev–Trinajstić information content (AvgIpc) is 3.13. The number of likely N-dealkylation sites (tertiary alicyclic amines) is 1. The third-order valence-electron chi connectivity index (χ3n) is 6.98. The normalized spacial score (nSPS) is 20.4. The van der Waals surface area contributed by atoms with Crippen LogP contribution in [-0.2, 0) is 14.3 Å². The number of carbonyl (C=O) groups is 2. The first kappa shape index (κ1) is 25.9. The van der Waals surface area contributed by atoms with E-state index in [1.54, 1.807) is 17.0 Å². The molecule has 0 aliphatic carbocycles. The van der Waals surface area contributed by atoms with Gasteiger partial charge in [0.1, 0.15) is 11.5 Å². The molecular formula is C29H36N2O5. The molecule has 1 atom stereocenters. The zero-order chi connectivity index (χ0) is 25.8. The number of nitrogens with zero attached hydrogens (tertiary/aromatic N) is 2. The number of ketones is 1. The maximum atomic E-state index is 13.4. The van der Waals surface area contributed by atoms with Crippen LogP contribution in [0, 0.1) is 6.92 Å². The Morgan fingerprint density at radius 1 is 1.08 bits per heavy atom. The second kappa shape index (κ2) is 11.3. The monoisotopic (exact) mass is 492 g/mol. The average molecular weight is 493 g/mol. The van der Waals surface area contributed by atoms with Gasteiger partial charge < -0.3 is 19.5 Å². The van der Waals surface area contributed by atoms with Crippen molar-refractivity contribution in [2.45, 2.75) is 39.7 Å². The molecule has 2 heterocycles. The first-order valence-corrected chi connectivity index (χ1v) is 12.7. The summed E-state index contributed by atoms with van der Waals surface area (Å²) in [5, 5.41) is 11.4. The number of rotatable bonds is 8. The molecule has 0 bridgehead atoms. The highest BCUT2D eigenvalue weighted by Crippen LogP contribution is 2.40. The number of hydrogen-bond acceptors (Lipinski definition) is 6. The van der Waals surface area contributed by atoms with Gasteiger partial charge in [0, 0.05) is 31.7 Å². The Morgan fingerprint density at radius 2 is 1.78 bits per heavy atom. The number of morpholine rings is 1. The van der Waals surface area contributed by atoms with E-state index in [4.69, 9.17) is 9.47 Å². The van der Waals surface area contributed by atoms with E-state index < -0.39 is 17.7 Å². The molecule has 0 saturated carbocycles. The lowest BCUT2D eigenvalue weighted by molar-refractivity contribution is -0.140. The van der Waals surface area contributed by atoms with E-state index in [1.165, 1.54) is 5.56 Å². The van der Waals surface area contributed by atoms with Crippen molar-refractivity contribution in [3.05, 3.63) is 70.3 Å². The van der Waals surface area contributed by atoms with Gasteiger partial charge in [-0.05, 0) is 54.7 Å². The Morgan fingerprint density at radius 3 is 2.39 bits per heavy atom. The molecule has 0 spiro atoms. The number of carbonyl (C=O) groups excluding carboxylic acids is 2. The Balaban J connectivity index is 1.75. The van der Waals surface area contributed by atoms with E-state index in [0.717, 1.165) is 24.2 Å². The van der Waals surface area contributed by atoms with Crippen LogP contribution in [0.15, 0.2) is 48.0 Å². The topological polar surface area (TPSA) is 79.3 Å². The fourth-order valence-electron chi connectivity index (χ4n) is 4.90. The fraction of sp³-hybridized carbons (Fsp3) is 0.448. The van der Waals surface area contributed by atoms with Crippen LogP contribution in [0.3, 0.4) is 0 Å². The van der Waals surface area contributed by atoms with Crippen molar-refractivity contribution in [3.8, 4) is 5.75 Å². The second-order valence-corrected chi connectivity index (χ2v) is 9.68. The molecule has 2 aliphatic rings. The van der Waals surface area contributed by atoms with Gasteiger partial charge in [-0.2, -0.15) is 0 Å². The third-order valence-corrected chi connectivity index (χ3v) is 6.98. The predicted octanol–water partition coefficient (Wildman–Crippen LogP) is 4.27. The van der Waals surface area contributed by atoms with E-state index in [-0.39, 0.29) is 11.3 Å². The minimum atomic E-state index is -0.654. The quantitative estimate of drug-likeness (QED) is 0.337. The van der Waals surface area contributed by atoms with E-state index in [0.29, 0.717) is 50.1 Å². The maximum absolute atomic E-state index is 13.4. The van der Waals surface area contributed by atoms with Crippen LogP contribution >= 0.6 is 0 Å². The van der Waals surface area contributed by atoms with Crippen molar-refractivity contribution >= 4 is 17.4 Å². The lowest BCUT2D eigenvalue weighted by atomic mass is 9.92. The molecular weight excluding hydrogens is 456 g/mol. The SMILES string of the molecule is CCOc1ccc(/C(O)=C2\C(=O)C(=O)N(CCN3CCOCC3)C2c2ccc(C(C)C)cc2)c(C)c1. The van der Waals surface area contributed by atoms with Gasteiger partial charge in [-0.1, -0.05) is 38.1 Å². The van der Waals surface area contributed by atoms with E-state index >= 15 is 0 Å². The Bertz CT molecular complexity index is 1130. The van der Waals surface area contributed by atoms with Gasteiger partial charge in [-0.3, -0.25) is 14.5 Å². The smallest absolute Gasteiger partial charge is 0.295 e. The Kier molecular flexibility index (Phi) is 8.11. The summed E-state index contributed by atoms with van der Waals surface area (Å²) in [6.45, 7) is 12.5. The maximum Gasteiger partial charge on any atom is 0.295 e. The summed E-state index contributed by atoms with van der Waals surface area (Å²) in [5.74, 6) is -0.329. The van der Waals surface area contributed by atoms with Crippen LogP contribution in [0.25, 0.3) is 5.76 Å². The van der Waals surface area contributed by atoms with Gasteiger partial charge in [0.25, 0.3) is 11.7 Å². The molecule has 4 rings (SSSR count). The van der Waals surface area contributed by atoms with Gasteiger partial charge in [0.05, 0.1) is 31.4 Å². The molecule has 2 aromatic rings. The molecule has 2 saturated heterocycles. The first-order chi connectivity index (χ1) is 17.3. The molecule has 0 radical (unpaired) electrons. The minimum Gasteiger partial charge on any atom is -0.507 e. The number of aliphatic hydroxyl groups is 1. The Hall–Kier alpha value is -3.16. The van der Waals surface area contributed by atoms with Crippen LogP contribution < -0.4 is 4.74 Å². The van der Waals surface area contributed by atoms with Gasteiger partial charge in [-0.25, -0.2) is 0 Å². The van der Waals surface area contributed by atoms with Crippen molar-refractivity contribution in [1.82, 2.24) is 9.80 Å². The van der Waals surface area contributed by atoms with E-state index in [2.05, 4.69) is 18.7 Å². The number of hydrogen-bond donors (Lipinski definition) is 1. The largest absolute Gasteiger partial charge is 0.507 e. The summed E-state index contributed by atoms with van der Waals surface area (Å²) in [5.41, 5.74) is 3.41. The van der Waals surface area contributed by atoms with Crippen LogP contribution in [-0.4, -0.2) is 72.6 Å². The van der Waals surface area contributed by atoms with Gasteiger partial charge in [0.2, 0.25) is 0 Å². The van der Waals surface area contributed by atoms with Crippen LogP contribution in [0.5, 0.6) is 5.75 Å². The zero-order valence-electron chi connectivity index (χ0n) is 21.6. The van der Waals surface area contributed by atoms with Crippen molar-refractivity contribution in [3.63, 3.8) is 0 Å². The molecule has 1 N–H and O–H groups in total.